The normalized spacial score (nSPS) is 10.1. The lowest BCUT2D eigenvalue weighted by atomic mass is 10.6. The Morgan fingerprint density at radius 3 is 2.23 bits per heavy atom. The number of rotatable bonds is 1. The van der Waals surface area contributed by atoms with Gasteiger partial charge in [0.1, 0.15) is 4.92 Å². The Labute approximate surface area is 72.3 Å². The average molecular weight is 210 g/mol. The van der Waals surface area contributed by atoms with Crippen molar-refractivity contribution in [2.45, 2.75) is 0 Å². The van der Waals surface area contributed by atoms with Gasteiger partial charge in [0, 0.05) is 0 Å². The van der Waals surface area contributed by atoms with Gasteiger partial charge in [-0.25, -0.2) is 10.1 Å². The fraction of sp³-hybridized carbons (Fsp3) is 0. The van der Waals surface area contributed by atoms with E-state index in [0.29, 0.717) is 0 Å². The summed E-state index contributed by atoms with van der Waals surface area (Å²) in [5.41, 5.74) is 4.02. The minimum atomic E-state index is -4.14. The second-order valence-corrected chi connectivity index (χ2v) is 2.98. The molecule has 0 amide bonds. The van der Waals surface area contributed by atoms with Gasteiger partial charge < -0.3 is 14.2 Å². The highest BCUT2D eigenvalue weighted by Gasteiger charge is 2.04. The molecule has 8 nitrogen and oxygen atoms in total. The second kappa shape index (κ2) is 4.73. The lowest BCUT2D eigenvalue weighted by molar-refractivity contribution is -0.402. The van der Waals surface area contributed by atoms with Crippen LogP contribution in [0.2, 0.25) is 0 Å². The van der Waals surface area contributed by atoms with Crippen LogP contribution < -0.4 is 5.50 Å². The molecular weight excluding hydrogens is 203 g/mol. The van der Waals surface area contributed by atoms with Crippen molar-refractivity contribution in [1.82, 2.24) is 0 Å². The average Bonchev–Trinajstić information content (AvgIpc) is 2.31. The Hall–Kier alpha value is -1.21. The highest BCUT2D eigenvalue weighted by Crippen LogP contribution is 2.20. The quantitative estimate of drug-likeness (QED) is 0.342. The van der Waals surface area contributed by atoms with E-state index in [4.69, 9.17) is 14.4 Å². The zero-order chi connectivity index (χ0) is 10.5. The molecule has 74 valence electrons. The molecule has 0 fully saturated rings. The first-order chi connectivity index (χ1) is 5.80. The minimum Gasteiger partial charge on any atom is -0.409 e. The van der Waals surface area contributed by atoms with E-state index in [1.54, 1.807) is 0 Å². The molecule has 9 heteroatoms. The molecule has 1 rings (SSSR count). The first-order valence-electron chi connectivity index (χ1n) is 2.82. The maximum atomic E-state index is 9.77. The minimum absolute atomic E-state index is 0.218. The summed E-state index contributed by atoms with van der Waals surface area (Å²) in [4.78, 5) is 24.0. The summed E-state index contributed by atoms with van der Waals surface area (Å²) in [7, 11) is -4.14. The Morgan fingerprint density at radius 2 is 2.08 bits per heavy atom. The van der Waals surface area contributed by atoms with Crippen LogP contribution in [-0.4, -0.2) is 14.7 Å². The van der Waals surface area contributed by atoms with Crippen molar-refractivity contribution in [2.24, 2.45) is 5.50 Å². The number of hydrogen-bond acceptors (Lipinski definition) is 4. The SMILES string of the molecule is NP(=O)(O)O.O=[N+]([O-])c1ccco1. The molecule has 0 unspecified atom stereocenters. The largest absolute Gasteiger partial charge is 0.432 e. The summed E-state index contributed by atoms with van der Waals surface area (Å²) in [6, 6.07) is 2.76. The molecule has 13 heavy (non-hydrogen) atoms. The van der Waals surface area contributed by atoms with E-state index in [1.165, 1.54) is 18.4 Å². The van der Waals surface area contributed by atoms with E-state index in [0.717, 1.165) is 0 Å². The molecule has 0 saturated carbocycles. The van der Waals surface area contributed by atoms with Gasteiger partial charge in [0.2, 0.25) is 0 Å². The van der Waals surface area contributed by atoms with Crippen LogP contribution in [0.1, 0.15) is 0 Å². The molecule has 1 aromatic heterocycles. The Bertz CT molecular complexity index is 294. The van der Waals surface area contributed by atoms with Gasteiger partial charge in [-0.1, -0.05) is 0 Å². The van der Waals surface area contributed by atoms with Gasteiger partial charge >= 0.3 is 13.6 Å². The van der Waals surface area contributed by atoms with E-state index in [1.807, 2.05) is 0 Å². The molecule has 0 radical (unpaired) electrons. The molecule has 0 aliphatic heterocycles. The molecule has 4 N–H and O–H groups in total. The number of nitrogens with two attached hydrogens (primary N) is 1. The zero-order valence-corrected chi connectivity index (χ0v) is 7.13. The van der Waals surface area contributed by atoms with E-state index >= 15 is 0 Å². The highest BCUT2D eigenvalue weighted by atomic mass is 31.2. The van der Waals surface area contributed by atoms with Crippen LogP contribution in [0.4, 0.5) is 5.88 Å². The van der Waals surface area contributed by atoms with Crippen LogP contribution >= 0.6 is 7.75 Å². The fourth-order valence-corrected chi connectivity index (χ4v) is 0.374. The van der Waals surface area contributed by atoms with Crippen LogP contribution in [0, 0.1) is 10.1 Å². The number of nitro groups is 1. The maximum absolute atomic E-state index is 9.77. The molecular formula is C4H7N2O6P. The molecule has 0 bridgehead atoms. The van der Waals surface area contributed by atoms with Gasteiger partial charge in [0.25, 0.3) is 0 Å². The van der Waals surface area contributed by atoms with Crippen molar-refractivity contribution >= 4 is 13.6 Å². The van der Waals surface area contributed by atoms with Crippen molar-refractivity contribution < 1.29 is 23.7 Å². The second-order valence-electron chi connectivity index (χ2n) is 1.80. The van der Waals surface area contributed by atoms with E-state index < -0.39 is 12.7 Å². The first kappa shape index (κ1) is 11.8. The number of hydrogen-bond donors (Lipinski definition) is 3. The summed E-state index contributed by atoms with van der Waals surface area (Å²) in [5, 5.41) is 9.77. The number of furan rings is 1. The predicted molar refractivity (Wildman–Crippen MR) is 41.6 cm³/mol. The third kappa shape index (κ3) is 8.70. The molecule has 0 aliphatic rings. The van der Waals surface area contributed by atoms with Gasteiger partial charge in [0.05, 0.1) is 12.3 Å². The van der Waals surface area contributed by atoms with Crippen molar-refractivity contribution in [2.75, 3.05) is 0 Å². The molecule has 0 saturated heterocycles. The Kier molecular flexibility index (Phi) is 4.29. The van der Waals surface area contributed by atoms with E-state index in [2.05, 4.69) is 9.92 Å². The number of nitrogens with zero attached hydrogens (tertiary/aromatic N) is 1. The van der Waals surface area contributed by atoms with E-state index in [-0.39, 0.29) is 5.88 Å². The Morgan fingerprint density at radius 1 is 1.62 bits per heavy atom. The van der Waals surface area contributed by atoms with Gasteiger partial charge in [-0.05, 0) is 6.07 Å². The highest BCUT2D eigenvalue weighted by molar-refractivity contribution is 7.49. The molecule has 0 aromatic carbocycles. The molecule has 1 heterocycles. The predicted octanol–water partition coefficient (Wildman–Crippen LogP) is 0.226. The molecule has 0 atom stereocenters. The van der Waals surface area contributed by atoms with Crippen molar-refractivity contribution in [1.29, 1.82) is 0 Å². The monoisotopic (exact) mass is 210 g/mol. The van der Waals surface area contributed by atoms with Crippen LogP contribution in [-0.2, 0) is 4.57 Å². The topological polar surface area (TPSA) is 140 Å². The third-order valence-electron chi connectivity index (χ3n) is 0.686. The zero-order valence-electron chi connectivity index (χ0n) is 6.23. The lowest BCUT2D eigenvalue weighted by Gasteiger charge is -1.84. The summed E-state index contributed by atoms with van der Waals surface area (Å²) in [6.45, 7) is 0. The van der Waals surface area contributed by atoms with E-state index in [9.17, 15) is 10.1 Å². The molecule has 0 aliphatic carbocycles. The fourth-order valence-electron chi connectivity index (χ4n) is 0.374. The van der Waals surface area contributed by atoms with Crippen molar-refractivity contribution in [3.8, 4) is 0 Å². The molecule has 0 spiro atoms. The standard InChI is InChI=1S/C4H3NO3.H4NO3P/c6-5(7)4-2-1-3-8-4;1-5(2,3)4/h1-3H;(H4,1,2,3,4). The first-order valence-corrected chi connectivity index (χ1v) is 4.51. The summed E-state index contributed by atoms with van der Waals surface area (Å²) >= 11 is 0. The third-order valence-corrected chi connectivity index (χ3v) is 0.686. The van der Waals surface area contributed by atoms with Crippen LogP contribution in [0.25, 0.3) is 0 Å². The van der Waals surface area contributed by atoms with Crippen LogP contribution in [0.3, 0.4) is 0 Å². The summed E-state index contributed by atoms with van der Waals surface area (Å²) in [6.07, 6.45) is 1.26. The van der Waals surface area contributed by atoms with Gasteiger partial charge in [-0.3, -0.25) is 10.1 Å². The summed E-state index contributed by atoms with van der Waals surface area (Å²) in [5.74, 6) is -0.218. The van der Waals surface area contributed by atoms with Crippen molar-refractivity contribution in [3.63, 3.8) is 0 Å². The van der Waals surface area contributed by atoms with Gasteiger partial charge in [-0.15, -0.1) is 0 Å². The van der Waals surface area contributed by atoms with Crippen LogP contribution in [0.5, 0.6) is 0 Å². The molecule has 1 aromatic rings. The summed E-state index contributed by atoms with van der Waals surface area (Å²) < 4.78 is 13.5. The van der Waals surface area contributed by atoms with Crippen molar-refractivity contribution in [3.05, 3.63) is 28.5 Å². The van der Waals surface area contributed by atoms with Gasteiger partial charge in [-0.2, -0.15) is 0 Å². The lowest BCUT2D eigenvalue weighted by Crippen LogP contribution is -1.87. The van der Waals surface area contributed by atoms with Crippen LogP contribution in [0.15, 0.2) is 22.8 Å². The smallest absolute Gasteiger partial charge is 0.409 e. The maximum Gasteiger partial charge on any atom is 0.432 e. The van der Waals surface area contributed by atoms with Gasteiger partial charge in [0.15, 0.2) is 0 Å². The Balaban J connectivity index is 0.000000252.